The molecule has 0 saturated carbocycles. The molecule has 1 unspecified atom stereocenters. The number of halogens is 4. The Morgan fingerprint density at radius 3 is 2.84 bits per heavy atom. The summed E-state index contributed by atoms with van der Waals surface area (Å²) in [6.45, 7) is 1.40. The normalized spacial score (nSPS) is 16.6. The third kappa shape index (κ3) is 5.17. The van der Waals surface area contributed by atoms with E-state index in [0.29, 0.717) is 27.1 Å². The third-order valence-electron chi connectivity index (χ3n) is 4.29. The van der Waals surface area contributed by atoms with Crippen LogP contribution in [0, 0.1) is 0 Å². The molecule has 3 aromatic heterocycles. The summed E-state index contributed by atoms with van der Waals surface area (Å²) < 4.78 is 45.0. The molecular weight excluding hydrogens is 477 g/mol. The van der Waals surface area contributed by atoms with E-state index in [9.17, 15) is 18.0 Å². The van der Waals surface area contributed by atoms with Crippen LogP contribution in [0.5, 0.6) is 0 Å². The van der Waals surface area contributed by atoms with Crippen molar-refractivity contribution in [1.29, 1.82) is 0 Å². The molecule has 31 heavy (non-hydrogen) atoms. The van der Waals surface area contributed by atoms with Gasteiger partial charge < -0.3 is 10.1 Å². The molecule has 0 radical (unpaired) electrons. The van der Waals surface area contributed by atoms with Crippen LogP contribution < -0.4 is 10.9 Å². The summed E-state index contributed by atoms with van der Waals surface area (Å²) in [5, 5.41) is 15.7. The number of nitrogens with one attached hydrogen (secondary N) is 1. The van der Waals surface area contributed by atoms with E-state index in [1.807, 2.05) is 0 Å². The largest absolute Gasteiger partial charge is 0.417 e. The van der Waals surface area contributed by atoms with Gasteiger partial charge in [0.25, 0.3) is 5.56 Å². The number of aromatic nitrogens is 5. The monoisotopic (exact) mass is 490 g/mol. The summed E-state index contributed by atoms with van der Waals surface area (Å²) in [7, 11) is 0. The molecule has 8 nitrogen and oxygen atoms in total. The highest BCUT2D eigenvalue weighted by molar-refractivity contribution is 8.01. The van der Waals surface area contributed by atoms with E-state index in [1.165, 1.54) is 17.5 Å². The molecule has 1 atom stereocenters. The van der Waals surface area contributed by atoms with Crippen LogP contribution in [-0.4, -0.2) is 44.2 Å². The van der Waals surface area contributed by atoms with Gasteiger partial charge in [0.2, 0.25) is 5.13 Å². The SMILES string of the molecule is O=c1c(Cl)c(Sc2nnc(NCC3CCCO3)s2)cnn1-c1ccc(C(F)(F)F)cn1. The topological polar surface area (TPSA) is 94.8 Å². The maximum atomic E-state index is 12.7. The van der Waals surface area contributed by atoms with Crippen LogP contribution in [0.15, 0.2) is 38.6 Å². The summed E-state index contributed by atoms with van der Waals surface area (Å²) >= 11 is 8.58. The lowest BCUT2D eigenvalue weighted by Crippen LogP contribution is -2.23. The summed E-state index contributed by atoms with van der Waals surface area (Å²) in [4.78, 5) is 16.6. The predicted molar refractivity (Wildman–Crippen MR) is 109 cm³/mol. The highest BCUT2D eigenvalue weighted by Gasteiger charge is 2.30. The first kappa shape index (κ1) is 22.0. The Balaban J connectivity index is 1.47. The van der Waals surface area contributed by atoms with Gasteiger partial charge in [0, 0.05) is 19.3 Å². The number of ether oxygens (including phenoxy) is 1. The summed E-state index contributed by atoms with van der Waals surface area (Å²) in [5.74, 6) is -0.0759. The number of hydrogen-bond donors (Lipinski definition) is 1. The van der Waals surface area contributed by atoms with Gasteiger partial charge in [-0.25, -0.2) is 4.98 Å². The first-order valence-electron chi connectivity index (χ1n) is 8.99. The Bertz CT molecular complexity index is 1120. The van der Waals surface area contributed by atoms with Crippen molar-refractivity contribution in [3.8, 4) is 5.82 Å². The minimum atomic E-state index is -4.53. The second-order valence-electron chi connectivity index (χ2n) is 6.43. The first-order chi connectivity index (χ1) is 14.8. The van der Waals surface area contributed by atoms with Gasteiger partial charge in [-0.2, -0.15) is 23.0 Å². The molecule has 14 heteroatoms. The average molecular weight is 491 g/mol. The lowest BCUT2D eigenvalue weighted by molar-refractivity contribution is -0.137. The van der Waals surface area contributed by atoms with Crippen molar-refractivity contribution in [2.45, 2.75) is 34.4 Å². The Kier molecular flexibility index (Phi) is 6.46. The van der Waals surface area contributed by atoms with Crippen molar-refractivity contribution in [2.24, 2.45) is 0 Å². The first-order valence-corrected chi connectivity index (χ1v) is 11.0. The third-order valence-corrected chi connectivity index (χ3v) is 6.73. The highest BCUT2D eigenvalue weighted by atomic mass is 35.5. The minimum absolute atomic E-state index is 0.0759. The number of hydrogen-bond acceptors (Lipinski definition) is 9. The summed E-state index contributed by atoms with van der Waals surface area (Å²) in [6, 6.07) is 1.87. The molecule has 0 amide bonds. The lowest BCUT2D eigenvalue weighted by Gasteiger charge is -2.09. The van der Waals surface area contributed by atoms with E-state index in [4.69, 9.17) is 16.3 Å². The molecule has 0 aromatic carbocycles. The van der Waals surface area contributed by atoms with Crippen molar-refractivity contribution >= 4 is 39.8 Å². The molecule has 3 aromatic rings. The molecule has 1 aliphatic heterocycles. The molecule has 4 rings (SSSR count). The van der Waals surface area contributed by atoms with Gasteiger partial charge in [-0.3, -0.25) is 4.79 Å². The Morgan fingerprint density at radius 2 is 2.16 bits per heavy atom. The number of nitrogens with zero attached hydrogens (tertiary/aromatic N) is 5. The quantitative estimate of drug-likeness (QED) is 0.556. The van der Waals surface area contributed by atoms with Crippen LogP contribution in [0.4, 0.5) is 18.3 Å². The van der Waals surface area contributed by atoms with Crippen LogP contribution in [0.3, 0.4) is 0 Å². The van der Waals surface area contributed by atoms with E-state index in [0.717, 1.165) is 48.0 Å². The number of rotatable bonds is 6. The highest BCUT2D eigenvalue weighted by Crippen LogP contribution is 2.34. The lowest BCUT2D eigenvalue weighted by atomic mass is 10.2. The van der Waals surface area contributed by atoms with Gasteiger partial charge in [-0.1, -0.05) is 34.7 Å². The number of alkyl halides is 3. The Morgan fingerprint density at radius 1 is 1.32 bits per heavy atom. The van der Waals surface area contributed by atoms with Gasteiger partial charge >= 0.3 is 6.18 Å². The van der Waals surface area contributed by atoms with E-state index < -0.39 is 17.3 Å². The zero-order chi connectivity index (χ0) is 22.0. The zero-order valence-electron chi connectivity index (χ0n) is 15.6. The van der Waals surface area contributed by atoms with Gasteiger partial charge in [0.05, 0.1) is 22.8 Å². The van der Waals surface area contributed by atoms with Crippen molar-refractivity contribution < 1.29 is 17.9 Å². The smallest absolute Gasteiger partial charge is 0.376 e. The minimum Gasteiger partial charge on any atom is -0.376 e. The van der Waals surface area contributed by atoms with Gasteiger partial charge in [-0.15, -0.1) is 10.2 Å². The van der Waals surface area contributed by atoms with Crippen molar-refractivity contribution in [1.82, 2.24) is 25.0 Å². The van der Waals surface area contributed by atoms with E-state index in [-0.39, 0.29) is 16.9 Å². The van der Waals surface area contributed by atoms with Gasteiger partial charge in [-0.05, 0) is 25.0 Å². The fourth-order valence-electron chi connectivity index (χ4n) is 2.75. The maximum absolute atomic E-state index is 12.7. The van der Waals surface area contributed by atoms with Gasteiger partial charge in [0.1, 0.15) is 5.02 Å². The molecule has 0 bridgehead atoms. The fourth-order valence-corrected chi connectivity index (χ4v) is 4.70. The van der Waals surface area contributed by atoms with Crippen LogP contribution in [-0.2, 0) is 10.9 Å². The van der Waals surface area contributed by atoms with E-state index in [1.54, 1.807) is 0 Å². The molecular formula is C17H14ClF3N6O2S2. The molecule has 0 spiro atoms. The Labute approximate surface area is 186 Å². The van der Waals surface area contributed by atoms with Gasteiger partial charge in [0.15, 0.2) is 10.2 Å². The van der Waals surface area contributed by atoms with Crippen molar-refractivity contribution in [2.75, 3.05) is 18.5 Å². The molecule has 1 fully saturated rings. The summed E-state index contributed by atoms with van der Waals surface area (Å²) in [6.07, 6.45) is -0.366. The van der Waals surface area contributed by atoms with Crippen LogP contribution >= 0.6 is 34.7 Å². The maximum Gasteiger partial charge on any atom is 0.417 e. The van der Waals surface area contributed by atoms with Crippen molar-refractivity contribution in [3.05, 3.63) is 45.5 Å². The van der Waals surface area contributed by atoms with Crippen LogP contribution in [0.1, 0.15) is 18.4 Å². The number of anilines is 1. The molecule has 1 aliphatic rings. The predicted octanol–water partition coefficient (Wildman–Crippen LogP) is 3.89. The number of pyridine rings is 1. The van der Waals surface area contributed by atoms with E-state index >= 15 is 0 Å². The second-order valence-corrected chi connectivity index (χ2v) is 9.08. The fraction of sp³-hybridized carbons (Fsp3) is 0.353. The zero-order valence-corrected chi connectivity index (χ0v) is 18.0. The average Bonchev–Trinajstić information content (AvgIpc) is 3.41. The molecule has 1 N–H and O–H groups in total. The molecule has 4 heterocycles. The second kappa shape index (κ2) is 9.10. The summed E-state index contributed by atoms with van der Waals surface area (Å²) in [5.41, 5.74) is -1.64. The Hall–Kier alpha value is -2.22. The van der Waals surface area contributed by atoms with Crippen LogP contribution in [0.25, 0.3) is 5.82 Å². The van der Waals surface area contributed by atoms with E-state index in [2.05, 4.69) is 25.6 Å². The van der Waals surface area contributed by atoms with Crippen LogP contribution in [0.2, 0.25) is 5.02 Å². The molecule has 164 valence electrons. The molecule has 0 aliphatic carbocycles. The van der Waals surface area contributed by atoms with Crippen molar-refractivity contribution in [3.63, 3.8) is 0 Å². The molecule has 1 saturated heterocycles. The standard InChI is InChI=1S/C17H14ClF3N6O2S2/c18-13-11(30-16-26-25-15(31-16)23-7-10-2-1-5-29-10)8-24-27(14(13)28)12-4-3-9(6-22-12)17(19,20)21/h3-4,6,8,10H,1-2,5,7H2,(H,23,25).